The van der Waals surface area contributed by atoms with Crippen molar-refractivity contribution >= 4 is 10.9 Å². The highest BCUT2D eigenvalue weighted by molar-refractivity contribution is 5.79. The third kappa shape index (κ3) is 2.21. The number of nitrogens with one attached hydrogen (secondary N) is 1. The molecule has 0 aliphatic rings. The molecule has 0 bridgehead atoms. The fourth-order valence-electron chi connectivity index (χ4n) is 2.09. The van der Waals surface area contributed by atoms with Gasteiger partial charge in [0.25, 0.3) is 0 Å². The molecule has 2 nitrogen and oxygen atoms in total. The number of pyridine rings is 1. The van der Waals surface area contributed by atoms with Gasteiger partial charge in [0, 0.05) is 17.3 Å². The van der Waals surface area contributed by atoms with E-state index in [0.717, 1.165) is 18.4 Å². The first-order valence-electron chi connectivity index (χ1n) is 5.87. The Morgan fingerprint density at radius 1 is 1.00 bits per heavy atom. The maximum Gasteiger partial charge on any atom is 0.0642 e. The van der Waals surface area contributed by atoms with Gasteiger partial charge in [-0.05, 0) is 30.5 Å². The zero-order valence-corrected chi connectivity index (χ0v) is 9.56. The average molecular weight is 222 g/mol. The lowest BCUT2D eigenvalue weighted by atomic mass is 10.1. The predicted molar refractivity (Wildman–Crippen MR) is 69.9 cm³/mol. The van der Waals surface area contributed by atoms with E-state index in [1.54, 1.807) is 0 Å². The molecule has 0 radical (unpaired) electrons. The highest BCUT2D eigenvalue weighted by atomic mass is 14.7. The number of aromatic amines is 1. The van der Waals surface area contributed by atoms with Crippen molar-refractivity contribution in [2.24, 2.45) is 0 Å². The van der Waals surface area contributed by atoms with Crippen molar-refractivity contribution in [3.05, 3.63) is 66.1 Å². The Kier molecular flexibility index (Phi) is 2.62. The van der Waals surface area contributed by atoms with Crippen LogP contribution in [0.5, 0.6) is 0 Å². The van der Waals surface area contributed by atoms with Gasteiger partial charge in [-0.25, -0.2) is 0 Å². The zero-order chi connectivity index (χ0) is 11.5. The fraction of sp³-hybridized carbons (Fsp3) is 0.133. The summed E-state index contributed by atoms with van der Waals surface area (Å²) in [6.45, 7) is 0. The topological polar surface area (TPSA) is 28.7 Å². The number of hydrogen-bond donors (Lipinski definition) is 1. The molecule has 0 saturated carbocycles. The Morgan fingerprint density at radius 2 is 1.88 bits per heavy atom. The van der Waals surface area contributed by atoms with Gasteiger partial charge in [0.1, 0.15) is 0 Å². The van der Waals surface area contributed by atoms with Crippen LogP contribution in [0.3, 0.4) is 0 Å². The molecule has 17 heavy (non-hydrogen) atoms. The molecule has 2 heterocycles. The molecule has 0 spiro atoms. The third-order valence-corrected chi connectivity index (χ3v) is 3.01. The summed E-state index contributed by atoms with van der Waals surface area (Å²) in [6.07, 6.45) is 5.82. The Bertz CT molecular complexity index is 578. The van der Waals surface area contributed by atoms with Crippen molar-refractivity contribution in [3.63, 3.8) is 0 Å². The van der Waals surface area contributed by atoms with E-state index < -0.39 is 0 Å². The lowest BCUT2D eigenvalue weighted by molar-refractivity contribution is 0.930. The number of hydrogen-bond acceptors (Lipinski definition) is 1. The monoisotopic (exact) mass is 222 g/mol. The first-order chi connectivity index (χ1) is 8.42. The van der Waals surface area contributed by atoms with Crippen LogP contribution in [0.4, 0.5) is 0 Å². The number of fused-ring (bicyclic) bond motifs is 1. The summed E-state index contributed by atoms with van der Waals surface area (Å²) in [5.41, 5.74) is 3.77. The van der Waals surface area contributed by atoms with Gasteiger partial charge in [0.2, 0.25) is 0 Å². The van der Waals surface area contributed by atoms with Gasteiger partial charge in [0.15, 0.2) is 0 Å². The number of nitrogens with zero attached hydrogens (tertiary/aromatic N) is 1. The fourth-order valence-corrected chi connectivity index (χ4v) is 2.09. The number of rotatable bonds is 3. The summed E-state index contributed by atoms with van der Waals surface area (Å²) in [6, 6.07) is 14.8. The minimum Gasteiger partial charge on any atom is -0.357 e. The van der Waals surface area contributed by atoms with Gasteiger partial charge in [-0.15, -0.1) is 0 Å². The van der Waals surface area contributed by atoms with E-state index in [4.69, 9.17) is 0 Å². The van der Waals surface area contributed by atoms with Crippen molar-refractivity contribution in [1.82, 2.24) is 9.97 Å². The molecular weight excluding hydrogens is 208 g/mol. The SMILES string of the molecule is c1ccc(CCc2cc3ccncc3[nH]2)cc1. The number of H-pyrrole nitrogens is 1. The molecule has 0 fully saturated rings. The van der Waals surface area contributed by atoms with Crippen molar-refractivity contribution in [1.29, 1.82) is 0 Å². The van der Waals surface area contributed by atoms with Crippen LogP contribution < -0.4 is 0 Å². The van der Waals surface area contributed by atoms with E-state index in [1.165, 1.54) is 16.6 Å². The molecule has 0 aliphatic carbocycles. The van der Waals surface area contributed by atoms with E-state index in [1.807, 2.05) is 18.5 Å². The first-order valence-corrected chi connectivity index (χ1v) is 5.87. The summed E-state index contributed by atoms with van der Waals surface area (Å²) in [5, 5.41) is 1.24. The molecule has 84 valence electrons. The minimum absolute atomic E-state index is 1.04. The summed E-state index contributed by atoms with van der Waals surface area (Å²) in [4.78, 5) is 7.52. The van der Waals surface area contributed by atoms with Gasteiger partial charge >= 0.3 is 0 Å². The molecule has 0 unspecified atom stereocenters. The minimum atomic E-state index is 1.04. The molecule has 1 N–H and O–H groups in total. The quantitative estimate of drug-likeness (QED) is 0.723. The second-order valence-corrected chi connectivity index (χ2v) is 4.24. The number of aryl methyl sites for hydroxylation is 2. The van der Waals surface area contributed by atoms with Crippen LogP contribution in [0.25, 0.3) is 10.9 Å². The van der Waals surface area contributed by atoms with Crippen LogP contribution in [0.15, 0.2) is 54.9 Å². The van der Waals surface area contributed by atoms with Gasteiger partial charge < -0.3 is 4.98 Å². The second kappa shape index (κ2) is 4.42. The van der Waals surface area contributed by atoms with Crippen LogP contribution in [-0.2, 0) is 12.8 Å². The van der Waals surface area contributed by atoms with E-state index in [9.17, 15) is 0 Å². The van der Waals surface area contributed by atoms with Crippen molar-refractivity contribution in [2.75, 3.05) is 0 Å². The zero-order valence-electron chi connectivity index (χ0n) is 9.56. The first kappa shape index (κ1) is 10.1. The van der Waals surface area contributed by atoms with Crippen molar-refractivity contribution in [3.8, 4) is 0 Å². The predicted octanol–water partition coefficient (Wildman–Crippen LogP) is 3.35. The number of aromatic nitrogens is 2. The molecule has 0 amide bonds. The van der Waals surface area contributed by atoms with Crippen molar-refractivity contribution < 1.29 is 0 Å². The summed E-state index contributed by atoms with van der Waals surface area (Å²) in [5.74, 6) is 0. The molecule has 0 atom stereocenters. The van der Waals surface area contributed by atoms with Gasteiger partial charge in [0.05, 0.1) is 11.7 Å². The van der Waals surface area contributed by atoms with E-state index in [0.29, 0.717) is 0 Å². The largest absolute Gasteiger partial charge is 0.357 e. The van der Waals surface area contributed by atoms with Crippen LogP contribution in [0.2, 0.25) is 0 Å². The molecule has 1 aromatic carbocycles. The summed E-state index contributed by atoms with van der Waals surface area (Å²) >= 11 is 0. The standard InChI is InChI=1S/C15H14N2/c1-2-4-12(5-3-1)6-7-14-10-13-8-9-16-11-15(13)17-14/h1-5,8-11,17H,6-7H2. The normalized spacial score (nSPS) is 10.8. The molecule has 0 aliphatic heterocycles. The number of benzene rings is 1. The molecule has 0 saturated heterocycles. The Hall–Kier alpha value is -2.09. The Morgan fingerprint density at radius 3 is 2.71 bits per heavy atom. The molecule has 3 rings (SSSR count). The maximum atomic E-state index is 4.11. The van der Waals surface area contributed by atoms with Crippen LogP contribution in [0, 0.1) is 0 Å². The highest BCUT2D eigenvalue weighted by Gasteiger charge is 2.00. The van der Waals surface area contributed by atoms with E-state index in [2.05, 4.69) is 46.4 Å². The maximum absolute atomic E-state index is 4.11. The highest BCUT2D eigenvalue weighted by Crippen LogP contribution is 2.15. The molecule has 2 heteroatoms. The third-order valence-electron chi connectivity index (χ3n) is 3.01. The van der Waals surface area contributed by atoms with Crippen LogP contribution in [0.1, 0.15) is 11.3 Å². The average Bonchev–Trinajstić information content (AvgIpc) is 2.80. The van der Waals surface area contributed by atoms with Gasteiger partial charge in [-0.2, -0.15) is 0 Å². The lowest BCUT2D eigenvalue weighted by Crippen LogP contribution is -1.90. The smallest absolute Gasteiger partial charge is 0.0642 e. The molecule has 2 aromatic heterocycles. The van der Waals surface area contributed by atoms with E-state index >= 15 is 0 Å². The Labute approximate surface area is 100 Å². The molecular formula is C15H14N2. The molecule has 3 aromatic rings. The second-order valence-electron chi connectivity index (χ2n) is 4.24. The van der Waals surface area contributed by atoms with Crippen molar-refractivity contribution in [2.45, 2.75) is 12.8 Å². The Balaban J connectivity index is 1.77. The van der Waals surface area contributed by atoms with E-state index in [-0.39, 0.29) is 0 Å². The lowest BCUT2D eigenvalue weighted by Gasteiger charge is -1.98. The van der Waals surface area contributed by atoms with Crippen LogP contribution in [-0.4, -0.2) is 9.97 Å². The summed E-state index contributed by atoms with van der Waals surface area (Å²) < 4.78 is 0. The summed E-state index contributed by atoms with van der Waals surface area (Å²) in [7, 11) is 0. The van der Waals surface area contributed by atoms with Crippen LogP contribution >= 0.6 is 0 Å². The van der Waals surface area contributed by atoms with Gasteiger partial charge in [-0.1, -0.05) is 30.3 Å². The van der Waals surface area contributed by atoms with Gasteiger partial charge in [-0.3, -0.25) is 4.98 Å².